The third-order valence-electron chi connectivity index (χ3n) is 6.57. The van der Waals surface area contributed by atoms with Gasteiger partial charge in [-0.05, 0) is 55.9 Å². The highest BCUT2D eigenvalue weighted by Crippen LogP contribution is 2.62. The maximum atomic E-state index is 10.9. The van der Waals surface area contributed by atoms with E-state index in [4.69, 9.17) is 0 Å². The SMILES string of the molecule is N#C[C@@H](N[C@H](CO)c1ccccc1)C12CC3CC(CC(O)(C3)C1)C2. The molecular weight excluding hydrogens is 300 g/mol. The van der Waals surface area contributed by atoms with Crippen molar-refractivity contribution in [3.63, 3.8) is 0 Å². The van der Waals surface area contributed by atoms with Crippen LogP contribution >= 0.6 is 0 Å². The summed E-state index contributed by atoms with van der Waals surface area (Å²) < 4.78 is 0. The highest BCUT2D eigenvalue weighted by Gasteiger charge is 2.60. The van der Waals surface area contributed by atoms with Crippen LogP contribution in [0.4, 0.5) is 0 Å². The van der Waals surface area contributed by atoms with Gasteiger partial charge < -0.3 is 10.2 Å². The molecule has 0 aliphatic heterocycles. The Morgan fingerprint density at radius 2 is 1.83 bits per heavy atom. The lowest BCUT2D eigenvalue weighted by molar-refractivity contribution is -0.169. The van der Waals surface area contributed by atoms with E-state index >= 15 is 0 Å². The van der Waals surface area contributed by atoms with E-state index < -0.39 is 5.60 Å². The average molecular weight is 326 g/mol. The molecule has 4 fully saturated rings. The molecule has 5 rings (SSSR count). The minimum atomic E-state index is -0.567. The summed E-state index contributed by atoms with van der Waals surface area (Å²) in [7, 11) is 0. The molecule has 4 saturated carbocycles. The summed E-state index contributed by atoms with van der Waals surface area (Å²) in [5.41, 5.74) is 0.293. The molecule has 0 saturated heterocycles. The minimum Gasteiger partial charge on any atom is -0.394 e. The average Bonchev–Trinajstić information content (AvgIpc) is 2.54. The van der Waals surface area contributed by atoms with E-state index in [0.29, 0.717) is 11.8 Å². The Balaban J connectivity index is 1.59. The first-order valence-electron chi connectivity index (χ1n) is 9.10. The molecule has 4 heteroatoms. The first kappa shape index (κ1) is 16.1. The highest BCUT2D eigenvalue weighted by molar-refractivity contribution is 5.22. The van der Waals surface area contributed by atoms with Gasteiger partial charge in [0.25, 0.3) is 0 Å². The molecule has 24 heavy (non-hydrogen) atoms. The fourth-order valence-corrected chi connectivity index (χ4v) is 6.11. The van der Waals surface area contributed by atoms with Crippen LogP contribution in [0.2, 0.25) is 0 Å². The summed E-state index contributed by atoms with van der Waals surface area (Å²) in [4.78, 5) is 0. The summed E-state index contributed by atoms with van der Waals surface area (Å²) in [6.07, 6.45) is 5.82. The van der Waals surface area contributed by atoms with Crippen molar-refractivity contribution < 1.29 is 10.2 Å². The van der Waals surface area contributed by atoms with Gasteiger partial charge in [0.2, 0.25) is 0 Å². The molecule has 4 bridgehead atoms. The van der Waals surface area contributed by atoms with Crippen molar-refractivity contribution in [2.24, 2.45) is 17.3 Å². The molecule has 4 aliphatic rings. The van der Waals surface area contributed by atoms with Crippen LogP contribution in [0.1, 0.15) is 50.1 Å². The highest BCUT2D eigenvalue weighted by atomic mass is 16.3. The summed E-state index contributed by atoms with van der Waals surface area (Å²) in [5.74, 6) is 1.11. The van der Waals surface area contributed by atoms with E-state index in [0.717, 1.165) is 37.7 Å². The van der Waals surface area contributed by atoms with Crippen LogP contribution in [0, 0.1) is 28.6 Å². The molecule has 0 aromatic heterocycles. The van der Waals surface area contributed by atoms with Crippen LogP contribution in [-0.4, -0.2) is 28.5 Å². The molecule has 4 nitrogen and oxygen atoms in total. The van der Waals surface area contributed by atoms with Crippen molar-refractivity contribution in [1.29, 1.82) is 5.26 Å². The van der Waals surface area contributed by atoms with E-state index in [1.807, 2.05) is 30.3 Å². The number of rotatable bonds is 5. The second-order valence-electron chi connectivity index (χ2n) is 8.42. The van der Waals surface area contributed by atoms with Crippen LogP contribution < -0.4 is 5.32 Å². The number of benzene rings is 1. The van der Waals surface area contributed by atoms with E-state index in [2.05, 4.69) is 11.4 Å². The third-order valence-corrected chi connectivity index (χ3v) is 6.57. The Kier molecular flexibility index (Phi) is 3.91. The van der Waals surface area contributed by atoms with Crippen molar-refractivity contribution in [3.8, 4) is 6.07 Å². The summed E-state index contributed by atoms with van der Waals surface area (Å²) in [6, 6.07) is 11.7. The quantitative estimate of drug-likeness (QED) is 0.777. The lowest BCUT2D eigenvalue weighted by atomic mass is 9.46. The molecule has 4 atom stereocenters. The Bertz CT molecular complexity index is 625. The first-order chi connectivity index (χ1) is 11.6. The second kappa shape index (κ2) is 5.84. The van der Waals surface area contributed by atoms with Crippen LogP contribution in [0.15, 0.2) is 30.3 Å². The zero-order chi connectivity index (χ0) is 16.8. The molecule has 0 heterocycles. The number of nitrogens with zero attached hydrogens (tertiary/aromatic N) is 1. The number of aliphatic hydroxyl groups excluding tert-OH is 1. The maximum absolute atomic E-state index is 10.9. The van der Waals surface area contributed by atoms with Crippen LogP contribution in [0.3, 0.4) is 0 Å². The molecule has 3 N–H and O–H groups in total. The second-order valence-corrected chi connectivity index (χ2v) is 8.42. The van der Waals surface area contributed by atoms with Crippen LogP contribution in [-0.2, 0) is 0 Å². The number of nitrogens with one attached hydrogen (secondary N) is 1. The Morgan fingerprint density at radius 1 is 1.17 bits per heavy atom. The number of hydrogen-bond acceptors (Lipinski definition) is 4. The number of aliphatic hydroxyl groups is 2. The Morgan fingerprint density at radius 3 is 2.38 bits per heavy atom. The molecule has 128 valence electrons. The van der Waals surface area contributed by atoms with E-state index in [1.54, 1.807) is 0 Å². The normalized spacial score (nSPS) is 39.4. The number of hydrogen-bond donors (Lipinski definition) is 3. The topological polar surface area (TPSA) is 76.3 Å². The molecule has 1 aromatic rings. The van der Waals surface area contributed by atoms with Gasteiger partial charge in [-0.3, -0.25) is 5.32 Å². The predicted octanol–water partition coefficient (Wildman–Crippen LogP) is 2.53. The minimum absolute atomic E-state index is 0.0323. The monoisotopic (exact) mass is 326 g/mol. The van der Waals surface area contributed by atoms with Crippen molar-refractivity contribution >= 4 is 0 Å². The van der Waals surface area contributed by atoms with Gasteiger partial charge in [-0.2, -0.15) is 5.26 Å². The van der Waals surface area contributed by atoms with Crippen LogP contribution in [0.5, 0.6) is 0 Å². The largest absolute Gasteiger partial charge is 0.394 e. The van der Waals surface area contributed by atoms with Crippen molar-refractivity contribution in [2.45, 2.75) is 56.2 Å². The zero-order valence-electron chi connectivity index (χ0n) is 14.0. The molecule has 0 radical (unpaired) electrons. The summed E-state index contributed by atoms with van der Waals surface area (Å²) in [5, 5.41) is 34.1. The molecular formula is C20H26N2O2. The van der Waals surface area contributed by atoms with Crippen molar-refractivity contribution in [1.82, 2.24) is 5.32 Å². The van der Waals surface area contributed by atoms with Gasteiger partial charge in [-0.15, -0.1) is 0 Å². The van der Waals surface area contributed by atoms with Crippen molar-refractivity contribution in [2.75, 3.05) is 6.61 Å². The smallest absolute Gasteiger partial charge is 0.102 e. The van der Waals surface area contributed by atoms with Gasteiger partial charge in [-0.1, -0.05) is 30.3 Å². The molecule has 4 aliphatic carbocycles. The van der Waals surface area contributed by atoms with Gasteiger partial charge >= 0.3 is 0 Å². The van der Waals surface area contributed by atoms with Gasteiger partial charge in [0.05, 0.1) is 24.3 Å². The summed E-state index contributed by atoms with van der Waals surface area (Å²) >= 11 is 0. The fourth-order valence-electron chi connectivity index (χ4n) is 6.11. The predicted molar refractivity (Wildman–Crippen MR) is 90.9 cm³/mol. The maximum Gasteiger partial charge on any atom is 0.102 e. The molecule has 0 amide bonds. The third kappa shape index (κ3) is 2.65. The zero-order valence-corrected chi connectivity index (χ0v) is 14.0. The first-order valence-corrected chi connectivity index (χ1v) is 9.10. The van der Waals surface area contributed by atoms with Crippen molar-refractivity contribution in [3.05, 3.63) is 35.9 Å². The molecule has 2 unspecified atom stereocenters. The van der Waals surface area contributed by atoms with E-state index in [-0.39, 0.29) is 24.1 Å². The summed E-state index contributed by atoms with van der Waals surface area (Å²) in [6.45, 7) is -0.0323. The number of nitriles is 1. The van der Waals surface area contributed by atoms with Crippen LogP contribution in [0.25, 0.3) is 0 Å². The van der Waals surface area contributed by atoms with E-state index in [9.17, 15) is 15.5 Å². The fraction of sp³-hybridized carbons (Fsp3) is 0.650. The molecule has 0 spiro atoms. The van der Waals surface area contributed by atoms with Gasteiger partial charge in [0.1, 0.15) is 6.04 Å². The lowest BCUT2D eigenvalue weighted by Crippen LogP contribution is -2.61. The van der Waals surface area contributed by atoms with E-state index in [1.165, 1.54) is 6.42 Å². The Labute approximate surface area is 143 Å². The van der Waals surface area contributed by atoms with Gasteiger partial charge in [0, 0.05) is 5.41 Å². The van der Waals surface area contributed by atoms with Gasteiger partial charge in [0.15, 0.2) is 0 Å². The lowest BCUT2D eigenvalue weighted by Gasteiger charge is -2.61. The Hall–Kier alpha value is -1.41. The standard InChI is InChI=1S/C20H26N2O2/c21-11-18(22-17(12-23)16-4-2-1-3-5-16)19-7-14-6-15(8-19)10-20(24,9-14)13-19/h1-5,14-15,17-18,22-24H,6-10,12-13H2/t14?,15?,17-,18-,19?,20?/m1/s1. The molecule has 1 aromatic carbocycles. The van der Waals surface area contributed by atoms with Gasteiger partial charge in [-0.25, -0.2) is 0 Å².